The summed E-state index contributed by atoms with van der Waals surface area (Å²) >= 11 is 0. The van der Waals surface area contributed by atoms with Crippen molar-refractivity contribution >= 4 is 11.9 Å². The Morgan fingerprint density at radius 3 is 2.80 bits per heavy atom. The predicted molar refractivity (Wildman–Crippen MR) is 55.4 cm³/mol. The fourth-order valence-corrected chi connectivity index (χ4v) is 0.922. The summed E-state index contributed by atoms with van der Waals surface area (Å²) in [6.07, 6.45) is 0.979. The molecule has 0 aromatic carbocycles. The quantitative estimate of drug-likeness (QED) is 0.751. The molecule has 0 radical (unpaired) electrons. The highest BCUT2D eigenvalue weighted by Gasteiger charge is 2.08. The lowest BCUT2D eigenvalue weighted by Crippen LogP contribution is -2.34. The Morgan fingerprint density at radius 2 is 2.27 bits per heavy atom. The van der Waals surface area contributed by atoms with Gasteiger partial charge in [-0.3, -0.25) is 10.1 Å². The Morgan fingerprint density at radius 1 is 1.53 bits per heavy atom. The van der Waals surface area contributed by atoms with Gasteiger partial charge in [0.15, 0.2) is 0 Å². The highest BCUT2D eigenvalue weighted by atomic mass is 16.4. The molecule has 1 amide bonds. The summed E-state index contributed by atoms with van der Waals surface area (Å²) < 4.78 is 5.01. The lowest BCUT2D eigenvalue weighted by Gasteiger charge is -2.09. The van der Waals surface area contributed by atoms with E-state index in [1.807, 2.05) is 6.92 Å². The van der Waals surface area contributed by atoms with E-state index in [9.17, 15) is 4.79 Å². The minimum Gasteiger partial charge on any atom is -0.408 e. The van der Waals surface area contributed by atoms with E-state index in [4.69, 9.17) is 4.42 Å². The Bertz CT molecular complexity index is 324. The Kier molecular flexibility index (Phi) is 4.23. The number of carbonyl (C=O) groups excluding carboxylic acids is 1. The molecule has 0 spiro atoms. The fraction of sp³-hybridized carbons (Fsp3) is 0.667. The summed E-state index contributed by atoms with van der Waals surface area (Å²) in [4.78, 5) is 11.3. The van der Waals surface area contributed by atoms with Gasteiger partial charge >= 0.3 is 6.01 Å². The number of rotatable bonds is 5. The SMILES string of the molecule is CCC(C)NCC(=O)Nc1nnc(C)o1. The molecular formula is C9H16N4O2. The fourth-order valence-electron chi connectivity index (χ4n) is 0.922. The molecule has 0 saturated carbocycles. The zero-order valence-electron chi connectivity index (χ0n) is 9.20. The monoisotopic (exact) mass is 212 g/mol. The first-order valence-electron chi connectivity index (χ1n) is 4.95. The molecule has 2 N–H and O–H groups in total. The molecule has 0 aliphatic carbocycles. The normalized spacial score (nSPS) is 12.5. The molecule has 1 heterocycles. The number of anilines is 1. The summed E-state index contributed by atoms with van der Waals surface area (Å²) in [7, 11) is 0. The summed E-state index contributed by atoms with van der Waals surface area (Å²) in [5.41, 5.74) is 0. The van der Waals surface area contributed by atoms with Gasteiger partial charge in [-0.25, -0.2) is 0 Å². The van der Waals surface area contributed by atoms with Crippen molar-refractivity contribution in [2.75, 3.05) is 11.9 Å². The van der Waals surface area contributed by atoms with Crippen LogP contribution in [-0.4, -0.2) is 28.7 Å². The van der Waals surface area contributed by atoms with E-state index in [1.54, 1.807) is 6.92 Å². The molecule has 1 aromatic rings. The summed E-state index contributed by atoms with van der Waals surface area (Å²) in [6, 6.07) is 0.462. The van der Waals surface area contributed by atoms with Crippen LogP contribution in [0.1, 0.15) is 26.2 Å². The van der Waals surface area contributed by atoms with Crippen molar-refractivity contribution in [3.63, 3.8) is 0 Å². The first kappa shape index (κ1) is 11.6. The van der Waals surface area contributed by atoms with E-state index >= 15 is 0 Å². The zero-order valence-corrected chi connectivity index (χ0v) is 9.20. The molecular weight excluding hydrogens is 196 g/mol. The highest BCUT2D eigenvalue weighted by molar-refractivity contribution is 5.90. The average molecular weight is 212 g/mol. The summed E-state index contributed by atoms with van der Waals surface area (Å²) in [5, 5.41) is 12.8. The Labute approximate surface area is 88.4 Å². The average Bonchev–Trinajstić information content (AvgIpc) is 2.60. The van der Waals surface area contributed by atoms with E-state index in [-0.39, 0.29) is 18.5 Å². The van der Waals surface area contributed by atoms with Gasteiger partial charge in [-0.2, -0.15) is 0 Å². The smallest absolute Gasteiger partial charge is 0.322 e. The zero-order chi connectivity index (χ0) is 11.3. The van der Waals surface area contributed by atoms with Gasteiger partial charge in [-0.05, 0) is 13.3 Å². The molecule has 84 valence electrons. The van der Waals surface area contributed by atoms with Gasteiger partial charge in [0.05, 0.1) is 6.54 Å². The maximum absolute atomic E-state index is 11.3. The highest BCUT2D eigenvalue weighted by Crippen LogP contribution is 2.02. The number of carbonyl (C=O) groups is 1. The van der Waals surface area contributed by atoms with Crippen LogP contribution in [-0.2, 0) is 4.79 Å². The molecule has 0 fully saturated rings. The van der Waals surface area contributed by atoms with Gasteiger partial charge in [0.2, 0.25) is 11.8 Å². The summed E-state index contributed by atoms with van der Waals surface area (Å²) in [6.45, 7) is 5.98. The van der Waals surface area contributed by atoms with Crippen LogP contribution < -0.4 is 10.6 Å². The minimum atomic E-state index is -0.182. The Hall–Kier alpha value is -1.43. The number of nitrogens with zero attached hydrogens (tertiary/aromatic N) is 2. The van der Waals surface area contributed by atoms with Crippen LogP contribution in [0.25, 0.3) is 0 Å². The predicted octanol–water partition coefficient (Wildman–Crippen LogP) is 0.705. The van der Waals surface area contributed by atoms with Crippen molar-refractivity contribution in [3.05, 3.63) is 5.89 Å². The van der Waals surface area contributed by atoms with E-state index in [2.05, 4.69) is 27.8 Å². The maximum atomic E-state index is 11.3. The number of hydrogen-bond donors (Lipinski definition) is 2. The van der Waals surface area contributed by atoms with Crippen LogP contribution >= 0.6 is 0 Å². The van der Waals surface area contributed by atoms with Gasteiger partial charge in [0.25, 0.3) is 0 Å². The van der Waals surface area contributed by atoms with Gasteiger partial charge in [0, 0.05) is 13.0 Å². The molecule has 0 bridgehead atoms. The molecule has 6 heteroatoms. The van der Waals surface area contributed by atoms with Crippen LogP contribution in [0, 0.1) is 6.92 Å². The summed E-state index contributed by atoms with van der Waals surface area (Å²) in [5.74, 6) is 0.249. The van der Waals surface area contributed by atoms with Crippen LogP contribution in [0.4, 0.5) is 6.01 Å². The number of hydrogen-bond acceptors (Lipinski definition) is 5. The van der Waals surface area contributed by atoms with Crippen molar-refractivity contribution in [1.82, 2.24) is 15.5 Å². The standard InChI is InChI=1S/C9H16N4O2/c1-4-6(2)10-5-8(14)11-9-13-12-7(3)15-9/h6,10H,4-5H2,1-3H3,(H,11,13,14). The van der Waals surface area contributed by atoms with Crippen LogP contribution in [0.3, 0.4) is 0 Å². The van der Waals surface area contributed by atoms with Crippen molar-refractivity contribution in [1.29, 1.82) is 0 Å². The lowest BCUT2D eigenvalue weighted by atomic mass is 10.2. The van der Waals surface area contributed by atoms with Crippen molar-refractivity contribution in [2.45, 2.75) is 33.2 Å². The number of aryl methyl sites for hydroxylation is 1. The molecule has 0 aliphatic heterocycles. The molecule has 6 nitrogen and oxygen atoms in total. The van der Waals surface area contributed by atoms with Crippen molar-refractivity contribution < 1.29 is 9.21 Å². The van der Waals surface area contributed by atoms with Crippen LogP contribution in [0.5, 0.6) is 0 Å². The molecule has 1 rings (SSSR count). The third kappa shape index (κ3) is 4.07. The third-order valence-corrected chi connectivity index (χ3v) is 2.00. The number of aromatic nitrogens is 2. The molecule has 0 saturated heterocycles. The second-order valence-corrected chi connectivity index (χ2v) is 3.36. The van der Waals surface area contributed by atoms with E-state index in [1.165, 1.54) is 0 Å². The molecule has 1 unspecified atom stereocenters. The second-order valence-electron chi connectivity index (χ2n) is 3.36. The number of amides is 1. The van der Waals surface area contributed by atoms with Gasteiger partial charge in [-0.15, -0.1) is 5.10 Å². The van der Waals surface area contributed by atoms with E-state index < -0.39 is 0 Å². The third-order valence-electron chi connectivity index (χ3n) is 2.00. The van der Waals surface area contributed by atoms with E-state index in [0.717, 1.165) is 6.42 Å². The molecule has 1 atom stereocenters. The van der Waals surface area contributed by atoms with Crippen LogP contribution in [0.2, 0.25) is 0 Å². The lowest BCUT2D eigenvalue weighted by molar-refractivity contribution is -0.115. The molecule has 1 aromatic heterocycles. The second kappa shape index (κ2) is 5.45. The van der Waals surface area contributed by atoms with Gasteiger partial charge in [0.1, 0.15) is 0 Å². The molecule has 15 heavy (non-hydrogen) atoms. The Balaban J connectivity index is 2.30. The first-order valence-corrected chi connectivity index (χ1v) is 4.95. The van der Waals surface area contributed by atoms with Crippen LogP contribution in [0.15, 0.2) is 4.42 Å². The van der Waals surface area contributed by atoms with Crippen molar-refractivity contribution in [3.8, 4) is 0 Å². The van der Waals surface area contributed by atoms with Gasteiger partial charge in [-0.1, -0.05) is 12.0 Å². The largest absolute Gasteiger partial charge is 0.408 e. The molecule has 0 aliphatic rings. The van der Waals surface area contributed by atoms with Crippen molar-refractivity contribution in [2.24, 2.45) is 0 Å². The van der Waals surface area contributed by atoms with Gasteiger partial charge < -0.3 is 9.73 Å². The van der Waals surface area contributed by atoms with E-state index in [0.29, 0.717) is 11.9 Å². The maximum Gasteiger partial charge on any atom is 0.322 e. The topological polar surface area (TPSA) is 80.0 Å². The number of nitrogens with one attached hydrogen (secondary N) is 2. The minimum absolute atomic E-state index is 0.142. The first-order chi connectivity index (χ1) is 7.11.